The number of thiocarbonyl (C=S) groups is 1. The molecule has 1 aliphatic rings. The van der Waals surface area contributed by atoms with Crippen molar-refractivity contribution in [2.45, 2.75) is 13.5 Å². The van der Waals surface area contributed by atoms with E-state index in [0.717, 1.165) is 28.2 Å². The number of rotatable bonds is 3. The molecule has 2 aromatic rings. The Morgan fingerprint density at radius 1 is 1.24 bits per heavy atom. The van der Waals surface area contributed by atoms with Gasteiger partial charge in [0, 0.05) is 12.1 Å². The van der Waals surface area contributed by atoms with E-state index in [4.69, 9.17) is 33.3 Å². The topological polar surface area (TPSA) is 30.5 Å². The second-order valence-electron chi connectivity index (χ2n) is 4.80. The summed E-state index contributed by atoms with van der Waals surface area (Å²) in [7, 11) is 0. The number of hydrogen-bond acceptors (Lipinski definition) is 3. The number of fused-ring (bicyclic) bond motifs is 1. The summed E-state index contributed by atoms with van der Waals surface area (Å²) >= 11 is 11.7. The molecule has 108 valence electrons. The van der Waals surface area contributed by atoms with Crippen LogP contribution in [-0.4, -0.2) is 11.8 Å². The molecule has 2 aromatic carbocycles. The van der Waals surface area contributed by atoms with Crippen LogP contribution in [0.3, 0.4) is 0 Å². The fourth-order valence-corrected chi connectivity index (χ4v) is 2.96. The summed E-state index contributed by atoms with van der Waals surface area (Å²) in [5, 5.41) is 3.90. The fourth-order valence-electron chi connectivity index (χ4n) is 2.24. The van der Waals surface area contributed by atoms with Crippen LogP contribution in [0.25, 0.3) is 0 Å². The van der Waals surface area contributed by atoms with Crippen LogP contribution < -0.4 is 14.8 Å². The number of nitrogens with one attached hydrogen (secondary N) is 1. The molecule has 0 saturated carbocycles. The molecule has 0 radical (unpaired) electrons. The molecule has 1 N–H and O–H groups in total. The predicted octanol–water partition coefficient (Wildman–Crippen LogP) is 3.84. The Morgan fingerprint density at radius 2 is 2.05 bits per heavy atom. The molecule has 0 spiro atoms. The van der Waals surface area contributed by atoms with Crippen molar-refractivity contribution in [3.8, 4) is 11.5 Å². The van der Waals surface area contributed by atoms with Crippen LogP contribution in [0.4, 0.5) is 0 Å². The largest absolute Gasteiger partial charge is 0.454 e. The molecule has 0 bridgehead atoms. The van der Waals surface area contributed by atoms with Gasteiger partial charge >= 0.3 is 0 Å². The lowest BCUT2D eigenvalue weighted by Crippen LogP contribution is -2.22. The van der Waals surface area contributed by atoms with Gasteiger partial charge in [0.2, 0.25) is 6.79 Å². The van der Waals surface area contributed by atoms with Crippen molar-refractivity contribution in [2.75, 3.05) is 6.79 Å². The van der Waals surface area contributed by atoms with Gasteiger partial charge in [0.1, 0.15) is 4.99 Å². The number of aryl methyl sites for hydroxylation is 1. The minimum absolute atomic E-state index is 0.281. The molecule has 5 heteroatoms. The number of ether oxygens (including phenoxy) is 2. The van der Waals surface area contributed by atoms with Gasteiger partial charge in [0.05, 0.1) is 5.02 Å². The van der Waals surface area contributed by atoms with Gasteiger partial charge in [0.25, 0.3) is 0 Å². The Hall–Kier alpha value is -1.78. The summed E-state index contributed by atoms with van der Waals surface area (Å²) in [4.78, 5) is 0.649. The zero-order chi connectivity index (χ0) is 14.8. The van der Waals surface area contributed by atoms with Gasteiger partial charge < -0.3 is 14.8 Å². The number of benzene rings is 2. The highest BCUT2D eigenvalue weighted by Gasteiger charge is 2.14. The number of halogens is 1. The second-order valence-corrected chi connectivity index (χ2v) is 5.62. The quantitative estimate of drug-likeness (QED) is 0.871. The molecule has 0 unspecified atom stereocenters. The first-order valence-electron chi connectivity index (χ1n) is 6.57. The molecule has 3 nitrogen and oxygen atoms in total. The second kappa shape index (κ2) is 5.92. The molecule has 1 aliphatic heterocycles. The van der Waals surface area contributed by atoms with Gasteiger partial charge in [-0.15, -0.1) is 0 Å². The van der Waals surface area contributed by atoms with Crippen LogP contribution in [0.5, 0.6) is 11.5 Å². The normalized spacial score (nSPS) is 12.3. The van der Waals surface area contributed by atoms with E-state index in [9.17, 15) is 0 Å². The molecule has 1 heterocycles. The third kappa shape index (κ3) is 2.96. The van der Waals surface area contributed by atoms with Gasteiger partial charge in [0.15, 0.2) is 11.5 Å². The molecule has 0 fully saturated rings. The van der Waals surface area contributed by atoms with E-state index in [0.29, 0.717) is 16.6 Å². The highest BCUT2D eigenvalue weighted by atomic mass is 35.5. The van der Waals surface area contributed by atoms with E-state index in [1.807, 2.05) is 43.3 Å². The van der Waals surface area contributed by atoms with Crippen molar-refractivity contribution in [3.05, 3.63) is 58.1 Å². The van der Waals surface area contributed by atoms with E-state index in [1.165, 1.54) is 0 Å². The summed E-state index contributed by atoms with van der Waals surface area (Å²) in [5.74, 6) is 1.55. The first-order chi connectivity index (χ1) is 10.1. The van der Waals surface area contributed by atoms with Crippen LogP contribution in [0.1, 0.15) is 16.7 Å². The van der Waals surface area contributed by atoms with E-state index < -0.39 is 0 Å². The summed E-state index contributed by atoms with van der Waals surface area (Å²) in [6.45, 7) is 2.89. The van der Waals surface area contributed by atoms with Gasteiger partial charge in [-0.2, -0.15) is 0 Å². The fraction of sp³-hybridized carbons (Fsp3) is 0.188. The lowest BCUT2D eigenvalue weighted by atomic mass is 10.1. The summed E-state index contributed by atoms with van der Waals surface area (Å²) in [6, 6.07) is 11.6. The van der Waals surface area contributed by atoms with Crippen LogP contribution in [0, 0.1) is 6.92 Å². The monoisotopic (exact) mass is 319 g/mol. The highest BCUT2D eigenvalue weighted by Crippen LogP contribution is 2.32. The minimum atomic E-state index is 0.281. The van der Waals surface area contributed by atoms with Gasteiger partial charge in [-0.25, -0.2) is 0 Å². The third-order valence-electron chi connectivity index (χ3n) is 3.34. The van der Waals surface area contributed by atoms with E-state index in [2.05, 4.69) is 5.32 Å². The van der Waals surface area contributed by atoms with Crippen molar-refractivity contribution in [1.82, 2.24) is 5.32 Å². The molecule has 0 amide bonds. The Morgan fingerprint density at radius 3 is 2.86 bits per heavy atom. The third-order valence-corrected chi connectivity index (χ3v) is 4.00. The molecule has 0 atom stereocenters. The summed E-state index contributed by atoms with van der Waals surface area (Å²) < 4.78 is 10.7. The Kier molecular flexibility index (Phi) is 3.99. The van der Waals surface area contributed by atoms with E-state index >= 15 is 0 Å². The van der Waals surface area contributed by atoms with Crippen molar-refractivity contribution in [2.24, 2.45) is 0 Å². The Bertz CT molecular complexity index is 682. The van der Waals surface area contributed by atoms with Crippen molar-refractivity contribution in [3.63, 3.8) is 0 Å². The van der Waals surface area contributed by atoms with Crippen molar-refractivity contribution >= 4 is 28.8 Å². The Balaban J connectivity index is 1.71. The standard InChI is InChI=1S/C16H14ClNO2S/c1-10-3-2-4-12(17)15(10)16(21)18-8-11-5-6-13-14(7-11)20-9-19-13/h2-7H,8-9H2,1H3,(H,18,21). The van der Waals surface area contributed by atoms with Crippen LogP contribution in [-0.2, 0) is 6.54 Å². The summed E-state index contributed by atoms with van der Waals surface area (Å²) in [5.41, 5.74) is 3.02. The number of hydrogen-bond donors (Lipinski definition) is 1. The average molecular weight is 320 g/mol. The maximum absolute atomic E-state index is 6.22. The highest BCUT2D eigenvalue weighted by molar-refractivity contribution is 7.80. The maximum Gasteiger partial charge on any atom is 0.231 e. The predicted molar refractivity (Wildman–Crippen MR) is 87.3 cm³/mol. The molecule has 0 aliphatic carbocycles. The maximum atomic E-state index is 6.22. The first kappa shape index (κ1) is 14.2. The molecule has 3 rings (SSSR count). The Labute approximate surface area is 133 Å². The molecular weight excluding hydrogens is 306 g/mol. The van der Waals surface area contributed by atoms with E-state index in [1.54, 1.807) is 0 Å². The lowest BCUT2D eigenvalue weighted by Gasteiger charge is -2.12. The summed E-state index contributed by atoms with van der Waals surface area (Å²) in [6.07, 6.45) is 0. The van der Waals surface area contributed by atoms with Crippen LogP contribution >= 0.6 is 23.8 Å². The average Bonchev–Trinajstić information content (AvgIpc) is 2.92. The van der Waals surface area contributed by atoms with Crippen LogP contribution in [0.2, 0.25) is 5.02 Å². The van der Waals surface area contributed by atoms with Gasteiger partial charge in [-0.1, -0.05) is 42.0 Å². The molecule has 21 heavy (non-hydrogen) atoms. The first-order valence-corrected chi connectivity index (χ1v) is 7.35. The minimum Gasteiger partial charge on any atom is -0.454 e. The van der Waals surface area contributed by atoms with Crippen molar-refractivity contribution < 1.29 is 9.47 Å². The molecular formula is C16H14ClNO2S. The zero-order valence-corrected chi connectivity index (χ0v) is 13.1. The smallest absolute Gasteiger partial charge is 0.231 e. The van der Waals surface area contributed by atoms with Gasteiger partial charge in [-0.05, 0) is 36.2 Å². The zero-order valence-electron chi connectivity index (χ0n) is 11.5. The van der Waals surface area contributed by atoms with Crippen molar-refractivity contribution in [1.29, 1.82) is 0 Å². The van der Waals surface area contributed by atoms with Crippen LogP contribution in [0.15, 0.2) is 36.4 Å². The lowest BCUT2D eigenvalue weighted by molar-refractivity contribution is 0.174. The van der Waals surface area contributed by atoms with Gasteiger partial charge in [-0.3, -0.25) is 0 Å². The molecule has 0 saturated heterocycles. The SMILES string of the molecule is Cc1cccc(Cl)c1C(=S)NCc1ccc2c(c1)OCO2. The van der Waals surface area contributed by atoms with E-state index in [-0.39, 0.29) is 6.79 Å². The molecule has 0 aromatic heterocycles.